The van der Waals surface area contributed by atoms with Crippen molar-refractivity contribution >= 4 is 21.9 Å². The molecule has 3 aliphatic carbocycles. The Balaban J connectivity index is 1.54. The van der Waals surface area contributed by atoms with E-state index in [1.165, 1.54) is 40.2 Å². The number of hydrogen-bond donors (Lipinski definition) is 1. The van der Waals surface area contributed by atoms with Crippen molar-refractivity contribution in [2.45, 2.75) is 62.5 Å². The molecule has 1 atom stereocenters. The van der Waals surface area contributed by atoms with Crippen LogP contribution in [0.3, 0.4) is 0 Å². The number of hydrogen-bond acceptors (Lipinski definition) is 6. The van der Waals surface area contributed by atoms with Gasteiger partial charge in [-0.05, 0) is 67.6 Å². The van der Waals surface area contributed by atoms with Crippen molar-refractivity contribution in [1.82, 2.24) is 9.21 Å². The topological polar surface area (TPSA) is 105 Å². The number of sulfonamides is 1. The van der Waals surface area contributed by atoms with Gasteiger partial charge in [0.25, 0.3) is 5.91 Å². The molecule has 2 spiro atoms. The molecule has 180 valence electrons. The first-order valence-electron chi connectivity index (χ1n) is 11.9. The average molecular weight is 475 g/mol. The molecule has 0 saturated heterocycles. The van der Waals surface area contributed by atoms with Crippen LogP contribution >= 0.6 is 0 Å². The molecular weight excluding hydrogens is 440 g/mol. The summed E-state index contributed by atoms with van der Waals surface area (Å²) < 4.78 is 30.6. The molecule has 8 nitrogen and oxygen atoms in total. The maximum absolute atomic E-state index is 14.2. The van der Waals surface area contributed by atoms with Gasteiger partial charge in [0, 0.05) is 32.7 Å². The highest BCUT2D eigenvalue weighted by molar-refractivity contribution is 7.88. The number of rotatable bonds is 6. The van der Waals surface area contributed by atoms with Crippen molar-refractivity contribution in [2.24, 2.45) is 16.1 Å². The number of ether oxygens (including phenoxy) is 1. The average Bonchev–Trinajstić information content (AvgIpc) is 3.55. The molecule has 0 aromatic heterocycles. The van der Waals surface area contributed by atoms with Crippen LogP contribution in [0.15, 0.2) is 23.2 Å². The lowest BCUT2D eigenvalue weighted by Gasteiger charge is -2.45. The van der Waals surface area contributed by atoms with Crippen LogP contribution < -0.4 is 5.73 Å². The van der Waals surface area contributed by atoms with Crippen molar-refractivity contribution in [3.8, 4) is 0 Å². The maximum atomic E-state index is 14.2. The van der Waals surface area contributed by atoms with Crippen LogP contribution in [0, 0.1) is 5.41 Å². The van der Waals surface area contributed by atoms with Crippen LogP contribution in [0.5, 0.6) is 0 Å². The Kier molecular flexibility index (Phi) is 5.38. The molecule has 5 rings (SSSR count). The Bertz CT molecular complexity index is 1110. The van der Waals surface area contributed by atoms with E-state index >= 15 is 0 Å². The number of benzene rings is 1. The SMILES string of the molecule is COC1CCC2(CC1)Cc1ccc(C3CC3)cc1C21N=C(N)N(CCN(C)S(C)(=O)=O)C1=O. The number of carbonyl (C=O) groups is 1. The number of fused-ring (bicyclic) bond motifs is 3. The quantitative estimate of drug-likeness (QED) is 0.678. The van der Waals surface area contributed by atoms with Crippen LogP contribution in [0.1, 0.15) is 61.1 Å². The summed E-state index contributed by atoms with van der Waals surface area (Å²) in [4.78, 5) is 20.7. The van der Waals surface area contributed by atoms with E-state index < -0.39 is 15.6 Å². The molecular formula is C24H34N4O4S. The Labute approximate surface area is 196 Å². The first kappa shape index (κ1) is 22.8. The summed E-state index contributed by atoms with van der Waals surface area (Å²) in [5, 5.41) is 0. The molecule has 1 aliphatic heterocycles. The van der Waals surface area contributed by atoms with Gasteiger partial charge in [-0.15, -0.1) is 0 Å². The fourth-order valence-corrected chi connectivity index (χ4v) is 6.59. The Morgan fingerprint density at radius 1 is 1.24 bits per heavy atom. The molecule has 1 aromatic carbocycles. The van der Waals surface area contributed by atoms with E-state index in [0.29, 0.717) is 5.92 Å². The van der Waals surface area contributed by atoms with Gasteiger partial charge in [-0.3, -0.25) is 9.69 Å². The smallest absolute Gasteiger partial charge is 0.262 e. The highest BCUT2D eigenvalue weighted by Crippen LogP contribution is 2.62. The van der Waals surface area contributed by atoms with Crippen molar-refractivity contribution in [3.63, 3.8) is 0 Å². The van der Waals surface area contributed by atoms with Gasteiger partial charge in [0.05, 0.1) is 12.4 Å². The van der Waals surface area contributed by atoms with E-state index in [1.54, 1.807) is 7.11 Å². The fraction of sp³-hybridized carbons (Fsp3) is 0.667. The molecule has 2 saturated carbocycles. The number of nitrogens with two attached hydrogens (primary N) is 1. The molecule has 4 aliphatic rings. The van der Waals surface area contributed by atoms with Gasteiger partial charge in [-0.1, -0.05) is 18.2 Å². The van der Waals surface area contributed by atoms with Crippen molar-refractivity contribution in [1.29, 1.82) is 0 Å². The zero-order valence-electron chi connectivity index (χ0n) is 19.7. The van der Waals surface area contributed by atoms with Crippen molar-refractivity contribution < 1.29 is 17.9 Å². The Morgan fingerprint density at radius 3 is 2.55 bits per heavy atom. The molecule has 9 heteroatoms. The lowest BCUT2D eigenvalue weighted by atomic mass is 9.61. The van der Waals surface area contributed by atoms with Gasteiger partial charge < -0.3 is 10.5 Å². The molecule has 1 unspecified atom stereocenters. The second-order valence-electron chi connectivity index (χ2n) is 10.3. The van der Waals surface area contributed by atoms with Crippen LogP contribution in [-0.2, 0) is 31.5 Å². The predicted molar refractivity (Wildman–Crippen MR) is 126 cm³/mol. The van der Waals surface area contributed by atoms with E-state index in [9.17, 15) is 13.2 Å². The van der Waals surface area contributed by atoms with Crippen LogP contribution in [0.2, 0.25) is 0 Å². The minimum absolute atomic E-state index is 0.107. The molecule has 2 fully saturated rings. The monoisotopic (exact) mass is 474 g/mol. The van der Waals surface area contributed by atoms with E-state index in [4.69, 9.17) is 15.5 Å². The number of nitrogens with zero attached hydrogens (tertiary/aromatic N) is 3. The lowest BCUT2D eigenvalue weighted by molar-refractivity contribution is -0.138. The fourth-order valence-electron chi connectivity index (χ4n) is 6.17. The summed E-state index contributed by atoms with van der Waals surface area (Å²) in [6, 6.07) is 6.63. The Morgan fingerprint density at radius 2 is 1.94 bits per heavy atom. The number of guanidine groups is 1. The molecule has 2 N–H and O–H groups in total. The molecule has 0 bridgehead atoms. The van der Waals surface area contributed by atoms with E-state index in [2.05, 4.69) is 18.2 Å². The number of carbonyl (C=O) groups excluding carboxylic acids is 1. The van der Waals surface area contributed by atoms with Crippen LogP contribution in [0.4, 0.5) is 0 Å². The van der Waals surface area contributed by atoms with E-state index in [-0.39, 0.29) is 36.5 Å². The first-order valence-corrected chi connectivity index (χ1v) is 13.7. The van der Waals surface area contributed by atoms with Gasteiger partial charge >= 0.3 is 0 Å². The van der Waals surface area contributed by atoms with Gasteiger partial charge in [0.1, 0.15) is 0 Å². The van der Waals surface area contributed by atoms with Crippen molar-refractivity contribution in [3.05, 3.63) is 34.9 Å². The molecule has 1 amide bonds. The van der Waals surface area contributed by atoms with Crippen LogP contribution in [0.25, 0.3) is 0 Å². The summed E-state index contributed by atoms with van der Waals surface area (Å²) in [6.07, 6.45) is 8.03. The second-order valence-corrected chi connectivity index (χ2v) is 12.4. The number of likely N-dealkylation sites (N-methyl/N-ethyl adjacent to an activating group) is 1. The third-order valence-corrected chi connectivity index (χ3v) is 9.72. The zero-order valence-corrected chi connectivity index (χ0v) is 20.5. The molecule has 1 aromatic rings. The molecule has 0 radical (unpaired) electrons. The zero-order chi connectivity index (χ0) is 23.6. The standard InChI is InChI=1S/C24H34N4O4S/c1-27(33(3,30)31)12-13-28-21(29)24(26-22(28)25)20-14-17(16-4-5-16)6-7-18(20)15-23(24)10-8-19(32-2)9-11-23/h6-7,14,16,19H,4-5,8-13,15H2,1-3H3,(H2,25,26). The van der Waals surface area contributed by atoms with Gasteiger partial charge in [-0.2, -0.15) is 0 Å². The minimum atomic E-state index is -3.35. The highest BCUT2D eigenvalue weighted by atomic mass is 32.2. The molecule has 33 heavy (non-hydrogen) atoms. The number of aliphatic imine (C=N–C) groups is 1. The van der Waals surface area contributed by atoms with Gasteiger partial charge in [0.15, 0.2) is 11.5 Å². The summed E-state index contributed by atoms with van der Waals surface area (Å²) >= 11 is 0. The van der Waals surface area contributed by atoms with Gasteiger partial charge in [0.2, 0.25) is 10.0 Å². The maximum Gasteiger partial charge on any atom is 0.262 e. The van der Waals surface area contributed by atoms with E-state index in [1.807, 2.05) is 0 Å². The summed E-state index contributed by atoms with van der Waals surface area (Å²) in [5.41, 5.74) is 8.52. The largest absolute Gasteiger partial charge is 0.381 e. The lowest BCUT2D eigenvalue weighted by Crippen LogP contribution is -2.53. The highest BCUT2D eigenvalue weighted by Gasteiger charge is 2.66. The second kappa shape index (κ2) is 7.78. The third-order valence-electron chi connectivity index (χ3n) is 8.41. The third kappa shape index (κ3) is 3.51. The summed E-state index contributed by atoms with van der Waals surface area (Å²) in [5.74, 6) is 0.662. The normalized spacial score (nSPS) is 31.6. The van der Waals surface area contributed by atoms with E-state index in [0.717, 1.165) is 43.9 Å². The number of amides is 1. The predicted octanol–water partition coefficient (Wildman–Crippen LogP) is 1.94. The van der Waals surface area contributed by atoms with Crippen molar-refractivity contribution in [2.75, 3.05) is 33.5 Å². The molecule has 1 heterocycles. The first-order chi connectivity index (χ1) is 15.6. The van der Waals surface area contributed by atoms with Crippen LogP contribution in [-0.4, -0.2) is 69.1 Å². The summed E-state index contributed by atoms with van der Waals surface area (Å²) in [6.45, 7) is 0.360. The van der Waals surface area contributed by atoms with Gasteiger partial charge in [-0.25, -0.2) is 17.7 Å². The number of methoxy groups -OCH3 is 1. The minimum Gasteiger partial charge on any atom is -0.381 e. The Hall–Kier alpha value is -1.97. The summed E-state index contributed by atoms with van der Waals surface area (Å²) in [7, 11) is -0.0854.